The van der Waals surface area contributed by atoms with E-state index >= 15 is 0 Å². The van der Waals surface area contributed by atoms with E-state index in [0.717, 1.165) is 120 Å². The van der Waals surface area contributed by atoms with Crippen molar-refractivity contribution >= 4 is 33.6 Å². The minimum Gasteiger partial charge on any atom is -0.358 e. The highest BCUT2D eigenvalue weighted by molar-refractivity contribution is 6.00. The number of aryl methyl sites for hydroxylation is 1. The number of H-pyrrole nitrogens is 1. The number of carbonyl (C=O) groups is 2. The van der Waals surface area contributed by atoms with Crippen molar-refractivity contribution in [2.75, 3.05) is 39.3 Å². The van der Waals surface area contributed by atoms with Crippen LogP contribution in [0.2, 0.25) is 0 Å². The number of likely N-dealkylation sites (tertiary alicyclic amines) is 2. The summed E-state index contributed by atoms with van der Waals surface area (Å²) in [7, 11) is 0. The molecule has 1 N–H and O–H groups in total. The number of aromatic amines is 1. The van der Waals surface area contributed by atoms with Gasteiger partial charge in [0.2, 0.25) is 0 Å². The molecule has 0 bridgehead atoms. The topological polar surface area (TPSA) is 67.8 Å². The molecule has 2 amide bonds. The predicted molar refractivity (Wildman–Crippen MR) is 227 cm³/mol. The fraction of sp³-hybridized carbons (Fsp3) is 0.617. The van der Waals surface area contributed by atoms with E-state index < -0.39 is 0 Å². The van der Waals surface area contributed by atoms with Crippen molar-refractivity contribution in [1.29, 1.82) is 0 Å². The fourth-order valence-corrected chi connectivity index (χ4v) is 9.42. The smallest absolute Gasteiger partial charge is 0.253 e. The highest BCUT2D eigenvalue weighted by atomic mass is 16.2. The van der Waals surface area contributed by atoms with Gasteiger partial charge in [0, 0.05) is 128 Å². The van der Waals surface area contributed by atoms with Crippen LogP contribution in [0.25, 0.3) is 21.8 Å². The van der Waals surface area contributed by atoms with Crippen LogP contribution in [0.15, 0.2) is 36.4 Å². The predicted octanol–water partition coefficient (Wildman–Crippen LogP) is 9.28. The molecule has 0 saturated carbocycles. The molecule has 0 aliphatic carbocycles. The summed E-state index contributed by atoms with van der Waals surface area (Å²) in [6, 6.07) is 13.8. The molecule has 0 spiro atoms. The SMILES string of the molecule is CC1CCN(C(=O)c2ccc3[nH]c4c(c3c2)CN(C(C)C)CC4)CC1.CCCCCn1c2c(c3cc(C(=O)N4CCC(C)CC4)ccc31)CN(C(C)C)CC2. The molecule has 0 radical (unpaired) electrons. The van der Waals surface area contributed by atoms with Crippen molar-refractivity contribution in [3.05, 3.63) is 70.0 Å². The number of piperidine rings is 2. The Morgan fingerprint density at radius 3 is 1.82 bits per heavy atom. The molecule has 2 aromatic heterocycles. The second kappa shape index (κ2) is 17.3. The van der Waals surface area contributed by atoms with E-state index in [-0.39, 0.29) is 11.8 Å². The van der Waals surface area contributed by atoms with E-state index in [9.17, 15) is 9.59 Å². The summed E-state index contributed by atoms with van der Waals surface area (Å²) in [5, 5.41) is 2.54. The Morgan fingerprint density at radius 1 is 0.691 bits per heavy atom. The van der Waals surface area contributed by atoms with Crippen LogP contribution in [0.4, 0.5) is 0 Å². The maximum Gasteiger partial charge on any atom is 0.253 e. The maximum atomic E-state index is 13.2. The van der Waals surface area contributed by atoms with E-state index in [1.165, 1.54) is 63.6 Å². The lowest BCUT2D eigenvalue weighted by atomic mass is 9.98. The quantitative estimate of drug-likeness (QED) is 0.183. The third-order valence-electron chi connectivity index (χ3n) is 13.4. The number of fused-ring (bicyclic) bond motifs is 6. The monoisotopic (exact) mass is 749 g/mol. The summed E-state index contributed by atoms with van der Waals surface area (Å²) in [4.78, 5) is 38.9. The molecule has 4 aromatic rings. The number of benzene rings is 2. The number of hydrogen-bond donors (Lipinski definition) is 1. The Kier molecular flexibility index (Phi) is 12.4. The number of unbranched alkanes of at least 4 members (excludes halogenated alkanes) is 2. The summed E-state index contributed by atoms with van der Waals surface area (Å²) in [5.41, 5.74) is 9.90. The average molecular weight is 749 g/mol. The molecule has 6 heterocycles. The van der Waals surface area contributed by atoms with Gasteiger partial charge in [0.15, 0.2) is 0 Å². The van der Waals surface area contributed by atoms with Gasteiger partial charge in [-0.15, -0.1) is 0 Å². The Hall–Kier alpha value is -3.62. The lowest BCUT2D eigenvalue weighted by molar-refractivity contribution is 0.0689. The van der Waals surface area contributed by atoms with Gasteiger partial charge in [-0.1, -0.05) is 33.6 Å². The first-order valence-electron chi connectivity index (χ1n) is 21.9. The van der Waals surface area contributed by atoms with E-state index in [0.29, 0.717) is 12.1 Å². The van der Waals surface area contributed by atoms with Gasteiger partial charge < -0.3 is 19.4 Å². The lowest BCUT2D eigenvalue weighted by Gasteiger charge is -2.31. The van der Waals surface area contributed by atoms with Gasteiger partial charge in [0.1, 0.15) is 0 Å². The highest BCUT2D eigenvalue weighted by Crippen LogP contribution is 2.34. The Balaban J connectivity index is 0.000000172. The van der Waals surface area contributed by atoms with Crippen molar-refractivity contribution in [2.24, 2.45) is 11.8 Å². The fourth-order valence-electron chi connectivity index (χ4n) is 9.42. The lowest BCUT2D eigenvalue weighted by Crippen LogP contribution is -2.37. The Morgan fingerprint density at radius 2 is 1.24 bits per heavy atom. The van der Waals surface area contributed by atoms with E-state index in [2.05, 4.69) is 103 Å². The zero-order valence-electron chi connectivity index (χ0n) is 35.1. The van der Waals surface area contributed by atoms with Crippen molar-refractivity contribution in [3.8, 4) is 0 Å². The van der Waals surface area contributed by atoms with Crippen LogP contribution in [-0.2, 0) is 32.5 Å². The minimum absolute atomic E-state index is 0.195. The van der Waals surface area contributed by atoms with Gasteiger partial charge in [0.25, 0.3) is 11.8 Å². The van der Waals surface area contributed by atoms with Gasteiger partial charge in [-0.05, 0) is 119 Å². The molecule has 0 unspecified atom stereocenters. The Labute approximate surface area is 330 Å². The van der Waals surface area contributed by atoms with Crippen molar-refractivity contribution in [1.82, 2.24) is 29.2 Å². The number of nitrogens with one attached hydrogen (secondary N) is 1. The molecule has 4 aliphatic heterocycles. The van der Waals surface area contributed by atoms with Crippen molar-refractivity contribution in [3.63, 3.8) is 0 Å². The van der Waals surface area contributed by atoms with Gasteiger partial charge in [-0.3, -0.25) is 19.4 Å². The molecular formula is C47H68N6O2. The van der Waals surface area contributed by atoms with Crippen LogP contribution in [-0.4, -0.2) is 92.3 Å². The van der Waals surface area contributed by atoms with Crippen LogP contribution in [0.3, 0.4) is 0 Å². The molecule has 2 fully saturated rings. The normalized spacial score (nSPS) is 18.9. The zero-order chi connectivity index (χ0) is 38.8. The average Bonchev–Trinajstić information content (AvgIpc) is 3.72. The third-order valence-corrected chi connectivity index (χ3v) is 13.4. The number of aromatic nitrogens is 2. The standard InChI is InChI=1S/C26H39N3O.C21H29N3O/c1-5-6-7-13-29-24-9-8-21(26(30)27-14-10-20(4)11-15-27)17-22(24)23-18-28(19(2)3)16-12-25(23)29;1-14(2)24-11-8-20-18(13-24)17-12-16(4-5-19(17)22-20)21(25)23-9-6-15(3)7-10-23/h8-9,17,19-20H,5-7,10-16,18H2,1-4H3;4-5,12,14-15,22H,6-11,13H2,1-3H3. The van der Waals surface area contributed by atoms with E-state index in [1.54, 1.807) is 0 Å². The largest absolute Gasteiger partial charge is 0.358 e. The summed E-state index contributed by atoms with van der Waals surface area (Å²) < 4.78 is 2.56. The second-order valence-electron chi connectivity index (χ2n) is 17.9. The first kappa shape index (κ1) is 39.6. The molecular weight excluding hydrogens is 681 g/mol. The third kappa shape index (κ3) is 8.56. The van der Waals surface area contributed by atoms with Crippen molar-refractivity contribution < 1.29 is 9.59 Å². The van der Waals surface area contributed by atoms with Crippen LogP contribution >= 0.6 is 0 Å². The first-order chi connectivity index (χ1) is 26.5. The molecule has 8 nitrogen and oxygen atoms in total. The number of rotatable bonds is 8. The highest BCUT2D eigenvalue weighted by Gasteiger charge is 2.28. The first-order valence-corrected chi connectivity index (χ1v) is 21.9. The zero-order valence-corrected chi connectivity index (χ0v) is 35.1. The molecule has 4 aliphatic rings. The molecule has 2 aromatic carbocycles. The minimum atomic E-state index is 0.195. The van der Waals surface area contributed by atoms with Crippen LogP contribution in [0, 0.1) is 11.8 Å². The molecule has 2 saturated heterocycles. The molecule has 8 rings (SSSR count). The molecule has 298 valence electrons. The Bertz CT molecular complexity index is 1950. The molecule has 8 heteroatoms. The van der Waals surface area contributed by atoms with Gasteiger partial charge >= 0.3 is 0 Å². The summed E-state index contributed by atoms with van der Waals surface area (Å²) in [6.45, 7) is 24.8. The van der Waals surface area contributed by atoms with Gasteiger partial charge in [0.05, 0.1) is 0 Å². The molecule has 0 atom stereocenters. The van der Waals surface area contributed by atoms with Crippen LogP contribution < -0.4 is 0 Å². The molecule has 55 heavy (non-hydrogen) atoms. The van der Waals surface area contributed by atoms with Gasteiger partial charge in [-0.25, -0.2) is 0 Å². The number of carbonyl (C=O) groups excluding carboxylic acids is 2. The second-order valence-corrected chi connectivity index (χ2v) is 17.9. The maximum absolute atomic E-state index is 13.2. The van der Waals surface area contributed by atoms with Crippen LogP contribution in [0.5, 0.6) is 0 Å². The van der Waals surface area contributed by atoms with Crippen molar-refractivity contribution in [2.45, 2.75) is 138 Å². The number of hydrogen-bond acceptors (Lipinski definition) is 4. The van der Waals surface area contributed by atoms with E-state index in [1.807, 2.05) is 11.0 Å². The number of nitrogens with zero attached hydrogens (tertiary/aromatic N) is 5. The number of amides is 2. The van der Waals surface area contributed by atoms with E-state index in [4.69, 9.17) is 0 Å². The van der Waals surface area contributed by atoms with Crippen LogP contribution in [0.1, 0.15) is 137 Å². The summed E-state index contributed by atoms with van der Waals surface area (Å²) in [6.07, 6.45) is 10.4. The summed E-state index contributed by atoms with van der Waals surface area (Å²) >= 11 is 0. The van der Waals surface area contributed by atoms with Gasteiger partial charge in [-0.2, -0.15) is 0 Å². The summed E-state index contributed by atoms with van der Waals surface area (Å²) in [5.74, 6) is 1.89.